The number of carbonyl (C=O) groups excluding carboxylic acids is 1. The van der Waals surface area contributed by atoms with Crippen molar-refractivity contribution in [3.8, 4) is 10.6 Å². The van der Waals surface area contributed by atoms with Crippen molar-refractivity contribution in [1.82, 2.24) is 24.4 Å². The van der Waals surface area contributed by atoms with E-state index in [0.29, 0.717) is 23.9 Å². The zero-order chi connectivity index (χ0) is 26.5. The van der Waals surface area contributed by atoms with Crippen LogP contribution in [0.5, 0.6) is 0 Å². The SMILES string of the molecule is O=C(Nc1nn(Cc2ccc(Cl)cc2Cl)cc1Br)c1nn2c(C(F)(F)F)cc(-c3cccs3)nc2c1Cl. The number of fused-ring (bicyclic) bond motifs is 1. The van der Waals surface area contributed by atoms with Gasteiger partial charge in [-0.3, -0.25) is 9.48 Å². The number of nitrogens with one attached hydrogen (secondary N) is 1. The highest BCUT2D eigenvalue weighted by Gasteiger charge is 2.37. The highest BCUT2D eigenvalue weighted by molar-refractivity contribution is 9.10. The fraction of sp³-hybridized carbons (Fsp3) is 0.0909. The molecule has 5 rings (SSSR count). The van der Waals surface area contributed by atoms with Crippen LogP contribution < -0.4 is 5.32 Å². The van der Waals surface area contributed by atoms with Crippen LogP contribution >= 0.6 is 62.1 Å². The monoisotopic (exact) mass is 648 g/mol. The number of halogens is 7. The third-order valence-corrected chi connectivity index (χ3v) is 7.52. The molecule has 5 aromatic rings. The number of thiophene rings is 1. The van der Waals surface area contributed by atoms with Gasteiger partial charge in [0.25, 0.3) is 5.91 Å². The van der Waals surface area contributed by atoms with Gasteiger partial charge in [0.05, 0.1) is 21.6 Å². The molecule has 0 saturated heterocycles. The van der Waals surface area contributed by atoms with Crippen molar-refractivity contribution in [2.24, 2.45) is 0 Å². The van der Waals surface area contributed by atoms with Gasteiger partial charge in [-0.2, -0.15) is 23.4 Å². The first-order chi connectivity index (χ1) is 17.5. The van der Waals surface area contributed by atoms with Crippen LogP contribution in [0, 0.1) is 0 Å². The number of hydrogen-bond donors (Lipinski definition) is 1. The van der Waals surface area contributed by atoms with E-state index in [1.165, 1.54) is 16.0 Å². The lowest BCUT2D eigenvalue weighted by Crippen LogP contribution is -2.16. The molecule has 190 valence electrons. The molecule has 1 aromatic carbocycles. The maximum Gasteiger partial charge on any atom is 0.433 e. The Bertz CT molecular complexity index is 1650. The smallest absolute Gasteiger partial charge is 0.303 e. The Balaban J connectivity index is 1.48. The van der Waals surface area contributed by atoms with Crippen LogP contribution in [0.2, 0.25) is 15.1 Å². The summed E-state index contributed by atoms with van der Waals surface area (Å²) >= 11 is 23.0. The van der Waals surface area contributed by atoms with Gasteiger partial charge in [-0.05, 0) is 51.1 Å². The highest BCUT2D eigenvalue weighted by Crippen LogP contribution is 2.36. The number of benzene rings is 1. The number of rotatable bonds is 5. The van der Waals surface area contributed by atoms with Crippen LogP contribution in [0.1, 0.15) is 21.7 Å². The van der Waals surface area contributed by atoms with Crippen molar-refractivity contribution in [2.45, 2.75) is 12.7 Å². The van der Waals surface area contributed by atoms with E-state index in [1.54, 1.807) is 41.9 Å². The molecule has 0 atom stereocenters. The Labute approximate surface area is 233 Å². The van der Waals surface area contributed by atoms with Crippen molar-refractivity contribution in [3.63, 3.8) is 0 Å². The normalized spacial score (nSPS) is 11.9. The summed E-state index contributed by atoms with van der Waals surface area (Å²) in [5.74, 6) is -0.761. The van der Waals surface area contributed by atoms with E-state index in [0.717, 1.165) is 11.6 Å². The third kappa shape index (κ3) is 5.21. The lowest BCUT2D eigenvalue weighted by Gasteiger charge is -2.10. The average molecular weight is 651 g/mol. The molecule has 0 aliphatic heterocycles. The lowest BCUT2D eigenvalue weighted by molar-refractivity contribution is -0.142. The second kappa shape index (κ2) is 9.91. The molecule has 1 N–H and O–H groups in total. The molecule has 0 spiro atoms. The second-order valence-electron chi connectivity index (χ2n) is 7.61. The van der Waals surface area contributed by atoms with Crippen LogP contribution in [0.15, 0.2) is 52.4 Å². The van der Waals surface area contributed by atoms with E-state index in [2.05, 4.69) is 36.4 Å². The Kier molecular flexibility index (Phi) is 6.96. The molecule has 0 fully saturated rings. The van der Waals surface area contributed by atoms with Crippen molar-refractivity contribution in [2.75, 3.05) is 5.32 Å². The summed E-state index contributed by atoms with van der Waals surface area (Å²) in [6.07, 6.45) is -3.18. The van der Waals surface area contributed by atoms with Gasteiger partial charge in [0.2, 0.25) is 0 Å². The summed E-state index contributed by atoms with van der Waals surface area (Å²) in [4.78, 5) is 17.7. The van der Waals surface area contributed by atoms with Crippen molar-refractivity contribution in [3.05, 3.63) is 84.5 Å². The minimum Gasteiger partial charge on any atom is -0.303 e. The van der Waals surface area contributed by atoms with E-state index in [9.17, 15) is 18.0 Å². The molecule has 0 saturated carbocycles. The van der Waals surface area contributed by atoms with Gasteiger partial charge in [0.1, 0.15) is 5.02 Å². The topological polar surface area (TPSA) is 77.1 Å². The summed E-state index contributed by atoms with van der Waals surface area (Å²) in [5.41, 5.74) is -1.06. The molecular formula is C22H11BrCl3F3N6OS. The molecule has 7 nitrogen and oxygen atoms in total. The van der Waals surface area contributed by atoms with Crippen LogP contribution in [-0.4, -0.2) is 30.3 Å². The zero-order valence-electron chi connectivity index (χ0n) is 18.0. The summed E-state index contributed by atoms with van der Waals surface area (Å²) in [6, 6.07) is 9.20. The first-order valence-corrected chi connectivity index (χ1v) is 13.0. The second-order valence-corrected chi connectivity index (χ2v) is 10.6. The number of nitrogens with zero attached hydrogens (tertiary/aromatic N) is 5. The fourth-order valence-corrected chi connectivity index (χ4v) is 5.26. The molecule has 0 bridgehead atoms. The summed E-state index contributed by atoms with van der Waals surface area (Å²) in [5, 5.41) is 13.0. The van der Waals surface area contributed by atoms with Crippen molar-refractivity contribution >= 4 is 79.4 Å². The van der Waals surface area contributed by atoms with Gasteiger partial charge in [-0.15, -0.1) is 11.3 Å². The van der Waals surface area contributed by atoms with Gasteiger partial charge < -0.3 is 5.32 Å². The summed E-state index contributed by atoms with van der Waals surface area (Å²) in [6.45, 7) is 0.268. The molecule has 1 amide bonds. The molecule has 4 aromatic heterocycles. The average Bonchev–Trinajstić information content (AvgIpc) is 3.55. The minimum absolute atomic E-state index is 0.0610. The van der Waals surface area contributed by atoms with E-state index in [1.807, 2.05) is 0 Å². The van der Waals surface area contributed by atoms with E-state index in [4.69, 9.17) is 34.8 Å². The molecule has 0 unspecified atom stereocenters. The quantitative estimate of drug-likeness (QED) is 0.212. The maximum absolute atomic E-state index is 13.8. The van der Waals surface area contributed by atoms with Gasteiger partial charge in [-0.1, -0.05) is 46.9 Å². The van der Waals surface area contributed by atoms with Crippen molar-refractivity contribution in [1.29, 1.82) is 0 Å². The predicted octanol–water partition coefficient (Wildman–Crippen LogP) is 7.70. The molecule has 0 aliphatic carbocycles. The lowest BCUT2D eigenvalue weighted by atomic mass is 10.2. The number of aromatic nitrogens is 5. The molecular weight excluding hydrogens is 640 g/mol. The maximum atomic E-state index is 13.8. The molecule has 15 heteroatoms. The highest BCUT2D eigenvalue weighted by atomic mass is 79.9. The minimum atomic E-state index is -4.78. The first-order valence-electron chi connectivity index (χ1n) is 10.2. The molecule has 37 heavy (non-hydrogen) atoms. The molecule has 0 aliphatic rings. The van der Waals surface area contributed by atoms with Crippen LogP contribution in [0.25, 0.3) is 16.2 Å². The summed E-state index contributed by atoms with van der Waals surface area (Å²) in [7, 11) is 0. The van der Waals surface area contributed by atoms with Gasteiger partial charge in [0, 0.05) is 16.2 Å². The Morgan fingerprint density at radius 3 is 2.59 bits per heavy atom. The van der Waals surface area contributed by atoms with Crippen LogP contribution in [0.4, 0.5) is 19.0 Å². The number of carbonyl (C=O) groups is 1. The van der Waals surface area contributed by atoms with E-state index in [-0.39, 0.29) is 28.7 Å². The van der Waals surface area contributed by atoms with E-state index >= 15 is 0 Å². The number of hydrogen-bond acceptors (Lipinski definition) is 5. The number of anilines is 1. The van der Waals surface area contributed by atoms with Crippen molar-refractivity contribution < 1.29 is 18.0 Å². The molecule has 4 heterocycles. The fourth-order valence-electron chi connectivity index (χ4n) is 3.44. The first kappa shape index (κ1) is 26.0. The van der Waals surface area contributed by atoms with Gasteiger partial charge >= 0.3 is 6.18 Å². The zero-order valence-corrected chi connectivity index (χ0v) is 22.7. The Morgan fingerprint density at radius 1 is 1.14 bits per heavy atom. The Hall–Kier alpha value is -2.64. The third-order valence-electron chi connectivity index (χ3n) is 5.11. The number of alkyl halides is 3. The Morgan fingerprint density at radius 2 is 1.92 bits per heavy atom. The predicted molar refractivity (Wildman–Crippen MR) is 140 cm³/mol. The summed E-state index contributed by atoms with van der Waals surface area (Å²) < 4.78 is 44.0. The number of amides is 1. The molecule has 0 radical (unpaired) electrons. The van der Waals surface area contributed by atoms with Crippen LogP contribution in [-0.2, 0) is 12.7 Å². The van der Waals surface area contributed by atoms with E-state index < -0.39 is 23.5 Å². The van der Waals surface area contributed by atoms with Gasteiger partial charge in [-0.25, -0.2) is 9.50 Å². The van der Waals surface area contributed by atoms with Crippen LogP contribution in [0.3, 0.4) is 0 Å². The van der Waals surface area contributed by atoms with Gasteiger partial charge in [0.15, 0.2) is 22.9 Å². The standard InChI is InChI=1S/C22H11BrCl3F3N6OS/c23-12-9-34(8-10-3-4-11(24)6-13(10)25)33-19(12)31-21(36)18-17(26)20-30-14(15-2-1-5-37-15)7-16(22(27,28)29)35(20)32-18/h1-7,9H,8H2,(H,31,33,36). The largest absolute Gasteiger partial charge is 0.433 e.